The summed E-state index contributed by atoms with van der Waals surface area (Å²) in [7, 11) is 0. The lowest BCUT2D eigenvalue weighted by Gasteiger charge is -2.14. The van der Waals surface area contributed by atoms with Crippen molar-refractivity contribution in [1.82, 2.24) is 0 Å². The summed E-state index contributed by atoms with van der Waals surface area (Å²) in [6.07, 6.45) is 0. The number of hydrogen-bond donors (Lipinski definition) is 0. The lowest BCUT2D eigenvalue weighted by Crippen LogP contribution is -2.25. The summed E-state index contributed by atoms with van der Waals surface area (Å²) in [5, 5.41) is 0. The van der Waals surface area contributed by atoms with Gasteiger partial charge < -0.3 is 4.42 Å². The molecule has 4 heteroatoms. The molecule has 0 saturated heterocycles. The zero-order valence-corrected chi connectivity index (χ0v) is 18.7. The van der Waals surface area contributed by atoms with Crippen molar-refractivity contribution in [3.63, 3.8) is 0 Å². The minimum absolute atomic E-state index is 0.132. The van der Waals surface area contributed by atoms with Crippen LogP contribution in [0.1, 0.15) is 31.8 Å². The third-order valence-electron chi connectivity index (χ3n) is 5.71. The highest BCUT2D eigenvalue weighted by molar-refractivity contribution is 6.16. The van der Waals surface area contributed by atoms with E-state index in [0.717, 1.165) is 0 Å². The molecule has 0 spiro atoms. The van der Waals surface area contributed by atoms with Gasteiger partial charge in [-0.2, -0.15) is 0 Å². The predicted octanol–water partition coefficient (Wildman–Crippen LogP) is 6.44. The van der Waals surface area contributed by atoms with Crippen LogP contribution in [0.5, 0.6) is 0 Å². The van der Waals surface area contributed by atoms with Crippen molar-refractivity contribution in [3.05, 3.63) is 154 Å². The standard InChI is InChI=1S/C31H20O4/c32-27(21-13-5-1-6-14-21)25-29(34)26(28(33)22-15-7-2-8-16-22)31(24-19-11-4-12-20-24)35-30(25)23-17-9-3-10-18-23/h1-20H. The molecule has 1 heterocycles. The SMILES string of the molecule is O=C(c1ccccc1)c1c(-c2ccccc2)oc(-c2ccccc2)c(C(=O)c2ccccc2)c1=O. The second kappa shape index (κ2) is 9.57. The van der Waals surface area contributed by atoms with E-state index >= 15 is 0 Å². The van der Waals surface area contributed by atoms with Crippen LogP contribution >= 0.6 is 0 Å². The van der Waals surface area contributed by atoms with E-state index in [4.69, 9.17) is 4.42 Å². The minimum atomic E-state index is -0.656. The number of rotatable bonds is 6. The molecule has 5 rings (SSSR count). The molecule has 168 valence electrons. The van der Waals surface area contributed by atoms with Crippen LogP contribution in [-0.2, 0) is 0 Å². The average Bonchev–Trinajstić information content (AvgIpc) is 2.93. The van der Waals surface area contributed by atoms with E-state index in [1.807, 2.05) is 12.1 Å². The Labute approximate surface area is 202 Å². The molecule has 0 aliphatic rings. The Morgan fingerprint density at radius 3 is 1.11 bits per heavy atom. The van der Waals surface area contributed by atoms with Gasteiger partial charge in [-0.05, 0) is 0 Å². The molecule has 0 aliphatic carbocycles. The molecular weight excluding hydrogens is 436 g/mol. The maximum Gasteiger partial charge on any atom is 0.208 e. The summed E-state index contributed by atoms with van der Waals surface area (Å²) in [4.78, 5) is 41.4. The first-order valence-corrected chi connectivity index (χ1v) is 11.2. The van der Waals surface area contributed by atoms with Crippen LogP contribution in [0.2, 0.25) is 0 Å². The monoisotopic (exact) mass is 456 g/mol. The summed E-state index contributed by atoms with van der Waals surface area (Å²) >= 11 is 0. The maximum absolute atomic E-state index is 14.1. The van der Waals surface area contributed by atoms with Crippen molar-refractivity contribution >= 4 is 11.6 Å². The zero-order valence-electron chi connectivity index (χ0n) is 18.7. The number of carbonyl (C=O) groups excluding carboxylic acids is 2. The normalized spacial score (nSPS) is 10.6. The first-order chi connectivity index (χ1) is 17.1. The number of hydrogen-bond acceptors (Lipinski definition) is 4. The average molecular weight is 456 g/mol. The van der Waals surface area contributed by atoms with Crippen LogP contribution in [0.25, 0.3) is 22.6 Å². The molecular formula is C31H20O4. The molecule has 5 aromatic rings. The van der Waals surface area contributed by atoms with Crippen molar-refractivity contribution in [2.75, 3.05) is 0 Å². The highest BCUT2D eigenvalue weighted by atomic mass is 16.3. The Bertz CT molecular complexity index is 1440. The maximum atomic E-state index is 14.1. The van der Waals surface area contributed by atoms with Gasteiger partial charge in [-0.15, -0.1) is 0 Å². The van der Waals surface area contributed by atoms with Gasteiger partial charge in [0.25, 0.3) is 0 Å². The van der Waals surface area contributed by atoms with Gasteiger partial charge in [0.1, 0.15) is 22.6 Å². The first kappa shape index (κ1) is 22.0. The van der Waals surface area contributed by atoms with Gasteiger partial charge in [0.15, 0.2) is 0 Å². The minimum Gasteiger partial charge on any atom is -0.454 e. The highest BCUT2D eigenvalue weighted by Gasteiger charge is 2.30. The second-order valence-electron chi connectivity index (χ2n) is 7.96. The summed E-state index contributed by atoms with van der Waals surface area (Å²) in [5.74, 6) is -0.735. The molecule has 35 heavy (non-hydrogen) atoms. The number of ketones is 2. The Morgan fingerprint density at radius 1 is 0.457 bits per heavy atom. The van der Waals surface area contributed by atoms with E-state index in [0.29, 0.717) is 22.3 Å². The predicted molar refractivity (Wildman–Crippen MR) is 136 cm³/mol. The molecule has 0 radical (unpaired) electrons. The fourth-order valence-electron chi connectivity index (χ4n) is 4.00. The Morgan fingerprint density at radius 2 is 0.771 bits per heavy atom. The van der Waals surface area contributed by atoms with Crippen molar-refractivity contribution in [2.45, 2.75) is 0 Å². The molecule has 0 atom stereocenters. The fraction of sp³-hybridized carbons (Fsp3) is 0. The summed E-state index contributed by atoms with van der Waals surface area (Å²) in [6.45, 7) is 0. The smallest absolute Gasteiger partial charge is 0.208 e. The van der Waals surface area contributed by atoms with Crippen LogP contribution in [0.4, 0.5) is 0 Å². The van der Waals surface area contributed by atoms with Crippen molar-refractivity contribution in [3.8, 4) is 22.6 Å². The van der Waals surface area contributed by atoms with Gasteiger partial charge in [-0.1, -0.05) is 121 Å². The first-order valence-electron chi connectivity index (χ1n) is 11.2. The van der Waals surface area contributed by atoms with E-state index < -0.39 is 17.0 Å². The molecule has 0 amide bonds. The second-order valence-corrected chi connectivity index (χ2v) is 7.96. The van der Waals surface area contributed by atoms with Crippen LogP contribution in [-0.4, -0.2) is 11.6 Å². The van der Waals surface area contributed by atoms with E-state index in [-0.39, 0.29) is 22.6 Å². The van der Waals surface area contributed by atoms with Crippen molar-refractivity contribution in [1.29, 1.82) is 0 Å². The highest BCUT2D eigenvalue weighted by Crippen LogP contribution is 2.32. The van der Waals surface area contributed by atoms with Crippen LogP contribution in [0.15, 0.2) is 131 Å². The Balaban J connectivity index is 1.87. The van der Waals surface area contributed by atoms with Gasteiger partial charge in [0.2, 0.25) is 17.0 Å². The van der Waals surface area contributed by atoms with Crippen molar-refractivity contribution < 1.29 is 14.0 Å². The molecule has 0 unspecified atom stereocenters. The molecule has 4 nitrogen and oxygen atoms in total. The van der Waals surface area contributed by atoms with Gasteiger partial charge in [0.05, 0.1) is 0 Å². The van der Waals surface area contributed by atoms with Gasteiger partial charge >= 0.3 is 0 Å². The molecule has 0 bridgehead atoms. The van der Waals surface area contributed by atoms with E-state index in [9.17, 15) is 14.4 Å². The molecule has 0 fully saturated rings. The third kappa shape index (κ3) is 4.25. The Kier molecular flexibility index (Phi) is 6.01. The summed E-state index contributed by atoms with van der Waals surface area (Å²) < 4.78 is 6.34. The number of carbonyl (C=O) groups is 2. The fourth-order valence-corrected chi connectivity index (χ4v) is 4.00. The van der Waals surface area contributed by atoms with Gasteiger partial charge in [-0.3, -0.25) is 14.4 Å². The lowest BCUT2D eigenvalue weighted by atomic mass is 9.92. The van der Waals surface area contributed by atoms with Crippen LogP contribution < -0.4 is 5.43 Å². The molecule has 4 aromatic carbocycles. The molecule has 0 saturated carbocycles. The number of benzene rings is 4. The van der Waals surface area contributed by atoms with Crippen LogP contribution in [0.3, 0.4) is 0 Å². The molecule has 0 aliphatic heterocycles. The topological polar surface area (TPSA) is 64.3 Å². The van der Waals surface area contributed by atoms with E-state index in [1.54, 1.807) is 109 Å². The Hall–Kier alpha value is -4.83. The summed E-state index contributed by atoms with van der Waals surface area (Å²) in [5.41, 5.74) is 0.823. The molecule has 0 N–H and O–H groups in total. The third-order valence-corrected chi connectivity index (χ3v) is 5.71. The lowest BCUT2D eigenvalue weighted by molar-refractivity contribution is 0.103. The van der Waals surface area contributed by atoms with E-state index in [2.05, 4.69) is 0 Å². The van der Waals surface area contributed by atoms with Crippen molar-refractivity contribution in [2.24, 2.45) is 0 Å². The van der Waals surface area contributed by atoms with Gasteiger partial charge in [-0.25, -0.2) is 0 Å². The molecule has 1 aromatic heterocycles. The largest absolute Gasteiger partial charge is 0.454 e. The van der Waals surface area contributed by atoms with E-state index in [1.165, 1.54) is 0 Å². The van der Waals surface area contributed by atoms with Crippen LogP contribution in [0, 0.1) is 0 Å². The zero-order chi connectivity index (χ0) is 24.2. The summed E-state index contributed by atoms with van der Waals surface area (Å²) in [6, 6.07) is 35.0. The quantitative estimate of drug-likeness (QED) is 0.276. The van der Waals surface area contributed by atoms with Gasteiger partial charge in [0, 0.05) is 22.3 Å².